The van der Waals surface area contributed by atoms with Gasteiger partial charge in [0.25, 0.3) is 0 Å². The van der Waals surface area contributed by atoms with Crippen molar-refractivity contribution >= 4 is 23.2 Å². The van der Waals surface area contributed by atoms with Gasteiger partial charge >= 0.3 is 0 Å². The molecular weight excluding hydrogens is 219 g/mol. The second-order valence-corrected chi connectivity index (χ2v) is 3.56. The third-order valence-corrected chi connectivity index (χ3v) is 2.14. The fourth-order valence-electron chi connectivity index (χ4n) is 1.16. The molecule has 0 aliphatic rings. The molecular formula is C11H10ClFO2. The molecule has 80 valence electrons. The van der Waals surface area contributed by atoms with E-state index < -0.39 is 17.4 Å². The van der Waals surface area contributed by atoms with E-state index in [1.807, 2.05) is 0 Å². The lowest BCUT2D eigenvalue weighted by atomic mass is 10.0. The van der Waals surface area contributed by atoms with Crippen molar-refractivity contribution in [3.05, 3.63) is 34.6 Å². The Morgan fingerprint density at radius 2 is 2.07 bits per heavy atom. The molecule has 0 heterocycles. The second-order valence-electron chi connectivity index (χ2n) is 3.13. The highest BCUT2D eigenvalue weighted by atomic mass is 35.5. The second kappa shape index (κ2) is 5.03. The Labute approximate surface area is 92.0 Å². The number of carbonyl (C=O) groups excluding carboxylic acids is 2. The van der Waals surface area contributed by atoms with Crippen LogP contribution in [0.25, 0.3) is 0 Å². The Morgan fingerprint density at radius 1 is 1.40 bits per heavy atom. The van der Waals surface area contributed by atoms with Crippen LogP contribution in [0.2, 0.25) is 5.02 Å². The molecule has 1 aromatic carbocycles. The number of benzene rings is 1. The number of hydrogen-bond donors (Lipinski definition) is 0. The summed E-state index contributed by atoms with van der Waals surface area (Å²) in [6.07, 6.45) is 0.692. The number of ketones is 2. The van der Waals surface area contributed by atoms with Gasteiger partial charge in [-0.1, -0.05) is 18.5 Å². The van der Waals surface area contributed by atoms with Crippen molar-refractivity contribution in [1.82, 2.24) is 0 Å². The van der Waals surface area contributed by atoms with Crippen molar-refractivity contribution in [3.63, 3.8) is 0 Å². The average Bonchev–Trinajstić information content (AvgIpc) is 2.21. The minimum atomic E-state index is -0.808. The van der Waals surface area contributed by atoms with Crippen LogP contribution in [0.3, 0.4) is 0 Å². The van der Waals surface area contributed by atoms with Gasteiger partial charge in [0.15, 0.2) is 0 Å². The number of carbonyl (C=O) groups is 2. The van der Waals surface area contributed by atoms with Crippen LogP contribution >= 0.6 is 11.6 Å². The molecule has 0 spiro atoms. The molecule has 0 saturated carbocycles. The van der Waals surface area contributed by atoms with Crippen LogP contribution in [0.5, 0.6) is 0 Å². The van der Waals surface area contributed by atoms with E-state index in [0.29, 0.717) is 6.42 Å². The molecule has 2 nitrogen and oxygen atoms in total. The van der Waals surface area contributed by atoms with Gasteiger partial charge in [-0.25, -0.2) is 4.39 Å². The maximum absolute atomic E-state index is 13.2. The number of rotatable bonds is 4. The van der Waals surface area contributed by atoms with Gasteiger partial charge in [0.05, 0.1) is 5.56 Å². The first kappa shape index (κ1) is 11.9. The number of halogens is 2. The molecule has 4 heteroatoms. The van der Waals surface area contributed by atoms with Gasteiger partial charge in [-0.15, -0.1) is 0 Å². The normalized spacial score (nSPS) is 10.1. The fraction of sp³-hybridized carbons (Fsp3) is 0.273. The summed E-state index contributed by atoms with van der Waals surface area (Å²) in [4.78, 5) is 22.7. The smallest absolute Gasteiger partial charge is 0.231 e. The minimum absolute atomic E-state index is 0.130. The Hall–Kier alpha value is -1.22. The Balaban J connectivity index is 3.00. The fourth-order valence-corrected chi connectivity index (χ4v) is 1.33. The first-order chi connectivity index (χ1) is 7.06. The van der Waals surface area contributed by atoms with Gasteiger partial charge in [-0.2, -0.15) is 0 Å². The Morgan fingerprint density at radius 3 is 2.67 bits per heavy atom. The molecule has 0 amide bonds. The standard InChI is InChI=1S/C11H10ClFO2/c1-2-3-10(14)11(15)8-6-7(12)4-5-9(8)13/h4-6H,2-3H2,1H3. The van der Waals surface area contributed by atoms with Crippen LogP contribution < -0.4 is 0 Å². The lowest BCUT2D eigenvalue weighted by Gasteiger charge is -2.01. The molecule has 0 unspecified atom stereocenters. The zero-order valence-electron chi connectivity index (χ0n) is 8.22. The monoisotopic (exact) mass is 228 g/mol. The average molecular weight is 229 g/mol. The minimum Gasteiger partial charge on any atom is -0.290 e. The quantitative estimate of drug-likeness (QED) is 0.586. The van der Waals surface area contributed by atoms with Crippen LogP contribution in [-0.4, -0.2) is 11.6 Å². The van der Waals surface area contributed by atoms with Crippen LogP contribution in [0.4, 0.5) is 4.39 Å². The zero-order valence-corrected chi connectivity index (χ0v) is 8.97. The van der Waals surface area contributed by atoms with Gasteiger partial charge in [0.1, 0.15) is 5.82 Å². The van der Waals surface area contributed by atoms with E-state index in [1.54, 1.807) is 6.92 Å². The summed E-state index contributed by atoms with van der Waals surface area (Å²) in [5.74, 6) is -2.11. The predicted octanol–water partition coefficient (Wildman–Crippen LogP) is 3.03. The summed E-state index contributed by atoms with van der Waals surface area (Å²) < 4.78 is 13.2. The van der Waals surface area contributed by atoms with E-state index in [1.165, 1.54) is 12.1 Å². The summed E-state index contributed by atoms with van der Waals surface area (Å²) in [5, 5.41) is 0.240. The van der Waals surface area contributed by atoms with Gasteiger partial charge < -0.3 is 0 Å². The highest BCUT2D eigenvalue weighted by molar-refractivity contribution is 6.44. The zero-order chi connectivity index (χ0) is 11.4. The van der Waals surface area contributed by atoms with E-state index in [4.69, 9.17) is 11.6 Å². The highest BCUT2D eigenvalue weighted by Crippen LogP contribution is 2.16. The topological polar surface area (TPSA) is 34.1 Å². The molecule has 1 rings (SSSR count). The lowest BCUT2D eigenvalue weighted by Crippen LogP contribution is -2.15. The summed E-state index contributed by atoms with van der Waals surface area (Å²) >= 11 is 5.61. The van der Waals surface area contributed by atoms with Crippen molar-refractivity contribution in [2.24, 2.45) is 0 Å². The van der Waals surface area contributed by atoms with Gasteiger partial charge in [-0.3, -0.25) is 9.59 Å². The molecule has 15 heavy (non-hydrogen) atoms. The number of Topliss-reactive ketones (excluding diaryl/α,β-unsaturated/α-hetero) is 2. The molecule has 0 N–H and O–H groups in total. The lowest BCUT2D eigenvalue weighted by molar-refractivity contribution is -0.115. The molecule has 0 aliphatic heterocycles. The van der Waals surface area contributed by atoms with E-state index in [0.717, 1.165) is 6.07 Å². The third-order valence-electron chi connectivity index (χ3n) is 1.90. The van der Waals surface area contributed by atoms with E-state index >= 15 is 0 Å². The van der Waals surface area contributed by atoms with Crippen molar-refractivity contribution in [2.45, 2.75) is 19.8 Å². The van der Waals surface area contributed by atoms with Gasteiger partial charge in [0, 0.05) is 11.4 Å². The number of hydrogen-bond acceptors (Lipinski definition) is 2. The molecule has 0 atom stereocenters. The van der Waals surface area contributed by atoms with E-state index in [9.17, 15) is 14.0 Å². The first-order valence-electron chi connectivity index (χ1n) is 4.58. The van der Waals surface area contributed by atoms with Gasteiger partial charge in [0.2, 0.25) is 11.6 Å². The first-order valence-corrected chi connectivity index (χ1v) is 4.96. The van der Waals surface area contributed by atoms with Crippen molar-refractivity contribution < 1.29 is 14.0 Å². The van der Waals surface area contributed by atoms with Crippen LogP contribution in [0.1, 0.15) is 30.1 Å². The van der Waals surface area contributed by atoms with Crippen LogP contribution in [-0.2, 0) is 4.79 Å². The van der Waals surface area contributed by atoms with E-state index in [-0.39, 0.29) is 17.0 Å². The Kier molecular flexibility index (Phi) is 3.97. The summed E-state index contributed by atoms with van der Waals surface area (Å²) in [7, 11) is 0. The molecule has 0 bridgehead atoms. The molecule has 0 aliphatic carbocycles. The van der Waals surface area contributed by atoms with Crippen molar-refractivity contribution in [3.8, 4) is 0 Å². The molecule has 0 radical (unpaired) electrons. The maximum atomic E-state index is 13.2. The van der Waals surface area contributed by atoms with Crippen molar-refractivity contribution in [2.75, 3.05) is 0 Å². The summed E-state index contributed by atoms with van der Waals surface area (Å²) in [5.41, 5.74) is -0.249. The van der Waals surface area contributed by atoms with Crippen LogP contribution in [0, 0.1) is 5.82 Å². The predicted molar refractivity (Wildman–Crippen MR) is 55.7 cm³/mol. The third kappa shape index (κ3) is 2.86. The summed E-state index contributed by atoms with van der Waals surface area (Å²) in [6, 6.07) is 3.58. The SMILES string of the molecule is CCCC(=O)C(=O)c1cc(Cl)ccc1F. The molecule has 0 fully saturated rings. The van der Waals surface area contributed by atoms with Crippen molar-refractivity contribution in [1.29, 1.82) is 0 Å². The molecule has 0 aromatic heterocycles. The highest BCUT2D eigenvalue weighted by Gasteiger charge is 2.19. The largest absolute Gasteiger partial charge is 0.290 e. The van der Waals surface area contributed by atoms with Gasteiger partial charge in [-0.05, 0) is 24.6 Å². The molecule has 1 aromatic rings. The van der Waals surface area contributed by atoms with Crippen LogP contribution in [0.15, 0.2) is 18.2 Å². The maximum Gasteiger partial charge on any atom is 0.231 e. The van der Waals surface area contributed by atoms with E-state index in [2.05, 4.69) is 0 Å². The molecule has 0 saturated heterocycles. The Bertz CT molecular complexity index is 402. The summed E-state index contributed by atoms with van der Waals surface area (Å²) in [6.45, 7) is 1.78.